The topological polar surface area (TPSA) is 51.9 Å². The Morgan fingerprint density at radius 1 is 1.39 bits per heavy atom. The number of Topliss-reactive ketones (excluding diaryl/α,β-unsaturated/α-hetero) is 1. The molecule has 0 amide bonds. The Labute approximate surface area is 117 Å². The highest BCUT2D eigenvalue weighted by molar-refractivity contribution is 5.96. The summed E-state index contributed by atoms with van der Waals surface area (Å²) in [4.78, 5) is 12.1. The van der Waals surface area contributed by atoms with Crippen LogP contribution in [0.4, 0.5) is 0 Å². The van der Waals surface area contributed by atoms with Crippen LogP contribution in [0.2, 0.25) is 0 Å². The Balaban J connectivity index is 0.00000162. The first kappa shape index (κ1) is 14.6. The van der Waals surface area contributed by atoms with Crippen LogP contribution in [0.3, 0.4) is 0 Å². The largest absolute Gasteiger partial charge is 1.00 e. The standard InChI is InChI=1S/C13H16N3O.BrH/c1-15-6-7-16(10-15)9-13(17)12-5-3-2-4-11(12)8-14;/h2-7,10H,8-9,14H2,1H3;1H/q+1;/p-1. The molecule has 2 rings (SSSR count). The molecule has 0 aliphatic heterocycles. The summed E-state index contributed by atoms with van der Waals surface area (Å²) in [5.74, 6) is 0.0854. The van der Waals surface area contributed by atoms with Crippen LogP contribution < -0.4 is 27.3 Å². The van der Waals surface area contributed by atoms with Gasteiger partial charge in [-0.2, -0.15) is 0 Å². The molecule has 0 saturated heterocycles. The fraction of sp³-hybridized carbons (Fsp3) is 0.231. The van der Waals surface area contributed by atoms with E-state index >= 15 is 0 Å². The lowest BCUT2D eigenvalue weighted by molar-refractivity contribution is -0.682. The lowest BCUT2D eigenvalue weighted by Crippen LogP contribution is -3.00. The molecule has 96 valence electrons. The molecule has 0 aliphatic carbocycles. The van der Waals surface area contributed by atoms with E-state index in [0.717, 1.165) is 5.56 Å². The molecule has 1 aromatic carbocycles. The highest BCUT2D eigenvalue weighted by atomic mass is 79.9. The maximum absolute atomic E-state index is 12.1. The Morgan fingerprint density at radius 3 is 2.72 bits per heavy atom. The second kappa shape index (κ2) is 6.47. The van der Waals surface area contributed by atoms with Crippen molar-refractivity contribution < 1.29 is 26.3 Å². The predicted octanol–water partition coefficient (Wildman–Crippen LogP) is -2.34. The van der Waals surface area contributed by atoms with Crippen LogP contribution in [-0.4, -0.2) is 10.4 Å². The first-order chi connectivity index (χ1) is 8.20. The molecule has 0 bridgehead atoms. The smallest absolute Gasteiger partial charge is 0.243 e. The molecule has 18 heavy (non-hydrogen) atoms. The van der Waals surface area contributed by atoms with Gasteiger partial charge in [-0.05, 0) is 5.56 Å². The number of hydrogen-bond acceptors (Lipinski definition) is 2. The van der Waals surface area contributed by atoms with Gasteiger partial charge in [0.2, 0.25) is 12.1 Å². The van der Waals surface area contributed by atoms with Gasteiger partial charge in [-0.3, -0.25) is 4.79 Å². The average Bonchev–Trinajstić information content (AvgIpc) is 2.74. The SMILES string of the molecule is Cn1cc[n+](CC(=O)c2ccccc2CN)c1.[Br-]. The van der Waals surface area contributed by atoms with E-state index in [0.29, 0.717) is 18.7 Å². The Hall–Kier alpha value is -1.46. The lowest BCUT2D eigenvalue weighted by atomic mass is 10.0. The zero-order chi connectivity index (χ0) is 12.3. The average molecular weight is 310 g/mol. The number of aromatic nitrogens is 2. The third kappa shape index (κ3) is 3.27. The normalized spacial score (nSPS) is 9.89. The second-order valence-electron chi connectivity index (χ2n) is 4.04. The minimum absolute atomic E-state index is 0. The van der Waals surface area contributed by atoms with E-state index in [-0.39, 0.29) is 22.8 Å². The van der Waals surface area contributed by atoms with Gasteiger partial charge in [-0.1, -0.05) is 24.3 Å². The third-order valence-electron chi connectivity index (χ3n) is 2.69. The van der Waals surface area contributed by atoms with Crippen molar-refractivity contribution in [2.24, 2.45) is 12.8 Å². The molecule has 1 heterocycles. The molecule has 5 heteroatoms. The van der Waals surface area contributed by atoms with E-state index in [4.69, 9.17) is 5.73 Å². The van der Waals surface area contributed by atoms with Crippen molar-refractivity contribution in [3.8, 4) is 0 Å². The minimum Gasteiger partial charge on any atom is -1.00 e. The van der Waals surface area contributed by atoms with E-state index < -0.39 is 0 Å². The van der Waals surface area contributed by atoms with Crippen LogP contribution >= 0.6 is 0 Å². The second-order valence-corrected chi connectivity index (χ2v) is 4.04. The van der Waals surface area contributed by atoms with Crippen molar-refractivity contribution in [3.05, 3.63) is 54.1 Å². The Bertz CT molecular complexity index is 537. The number of nitrogens with two attached hydrogens (primary N) is 1. The zero-order valence-electron chi connectivity index (χ0n) is 10.2. The number of benzene rings is 1. The monoisotopic (exact) mass is 309 g/mol. The summed E-state index contributed by atoms with van der Waals surface area (Å²) in [7, 11) is 1.93. The molecular weight excluding hydrogens is 294 g/mol. The number of carbonyl (C=O) groups excluding carboxylic acids is 1. The number of halogens is 1. The van der Waals surface area contributed by atoms with Gasteiger partial charge in [0, 0.05) is 12.1 Å². The highest BCUT2D eigenvalue weighted by Crippen LogP contribution is 2.08. The molecule has 2 N–H and O–H groups in total. The molecule has 1 aromatic heterocycles. The van der Waals surface area contributed by atoms with Crippen molar-refractivity contribution >= 4 is 5.78 Å². The van der Waals surface area contributed by atoms with Gasteiger partial charge in [0.25, 0.3) is 0 Å². The quantitative estimate of drug-likeness (QED) is 0.508. The summed E-state index contributed by atoms with van der Waals surface area (Å²) in [6.45, 7) is 0.735. The fourth-order valence-corrected chi connectivity index (χ4v) is 1.82. The van der Waals surface area contributed by atoms with Gasteiger partial charge in [0.1, 0.15) is 12.4 Å². The summed E-state index contributed by atoms with van der Waals surface area (Å²) in [5.41, 5.74) is 7.23. The number of imidazole rings is 1. The summed E-state index contributed by atoms with van der Waals surface area (Å²) in [5, 5.41) is 0. The number of nitrogens with zero attached hydrogens (tertiary/aromatic N) is 2. The molecule has 0 atom stereocenters. The first-order valence-electron chi connectivity index (χ1n) is 5.53. The Morgan fingerprint density at radius 2 is 2.11 bits per heavy atom. The molecule has 0 spiro atoms. The number of ketones is 1. The third-order valence-corrected chi connectivity index (χ3v) is 2.69. The molecular formula is C13H16BrN3O. The van der Waals surface area contributed by atoms with E-state index in [1.165, 1.54) is 0 Å². The van der Waals surface area contributed by atoms with Gasteiger partial charge >= 0.3 is 0 Å². The minimum atomic E-state index is 0. The van der Waals surface area contributed by atoms with Gasteiger partial charge in [-0.15, -0.1) is 0 Å². The van der Waals surface area contributed by atoms with Gasteiger partial charge in [0.05, 0.1) is 7.05 Å². The van der Waals surface area contributed by atoms with Crippen molar-refractivity contribution in [1.29, 1.82) is 0 Å². The van der Waals surface area contributed by atoms with Crippen LogP contribution in [-0.2, 0) is 20.1 Å². The van der Waals surface area contributed by atoms with Crippen molar-refractivity contribution in [2.75, 3.05) is 0 Å². The number of aryl methyl sites for hydroxylation is 1. The Kier molecular flexibility index (Phi) is 5.25. The van der Waals surface area contributed by atoms with Crippen molar-refractivity contribution in [1.82, 2.24) is 4.57 Å². The van der Waals surface area contributed by atoms with E-state index in [2.05, 4.69) is 0 Å². The van der Waals surface area contributed by atoms with E-state index in [9.17, 15) is 4.79 Å². The molecule has 0 fully saturated rings. The van der Waals surface area contributed by atoms with Crippen molar-refractivity contribution in [3.63, 3.8) is 0 Å². The number of carbonyl (C=O) groups is 1. The zero-order valence-corrected chi connectivity index (χ0v) is 11.8. The summed E-state index contributed by atoms with van der Waals surface area (Å²) in [6.07, 6.45) is 5.66. The lowest BCUT2D eigenvalue weighted by Gasteiger charge is -2.04. The summed E-state index contributed by atoms with van der Waals surface area (Å²) in [6, 6.07) is 7.48. The van der Waals surface area contributed by atoms with Crippen LogP contribution in [0.15, 0.2) is 43.0 Å². The van der Waals surface area contributed by atoms with E-state index in [1.807, 2.05) is 59.2 Å². The molecule has 0 aliphatic rings. The molecule has 0 radical (unpaired) electrons. The first-order valence-corrected chi connectivity index (χ1v) is 5.53. The van der Waals surface area contributed by atoms with Gasteiger partial charge in [-0.25, -0.2) is 9.13 Å². The van der Waals surface area contributed by atoms with Crippen molar-refractivity contribution in [2.45, 2.75) is 13.1 Å². The highest BCUT2D eigenvalue weighted by Gasteiger charge is 2.13. The van der Waals surface area contributed by atoms with Crippen LogP contribution in [0, 0.1) is 0 Å². The maximum atomic E-state index is 12.1. The van der Waals surface area contributed by atoms with Gasteiger partial charge in [0.15, 0.2) is 6.54 Å². The molecule has 4 nitrogen and oxygen atoms in total. The summed E-state index contributed by atoms with van der Waals surface area (Å²) >= 11 is 0. The predicted molar refractivity (Wildman–Crippen MR) is 64.3 cm³/mol. The number of rotatable bonds is 4. The van der Waals surface area contributed by atoms with Crippen LogP contribution in [0.25, 0.3) is 0 Å². The number of hydrogen-bond donors (Lipinski definition) is 1. The maximum Gasteiger partial charge on any atom is 0.243 e. The fourth-order valence-electron chi connectivity index (χ4n) is 1.82. The van der Waals surface area contributed by atoms with Crippen LogP contribution in [0.1, 0.15) is 15.9 Å². The van der Waals surface area contributed by atoms with Gasteiger partial charge < -0.3 is 22.7 Å². The molecule has 0 unspecified atom stereocenters. The van der Waals surface area contributed by atoms with E-state index in [1.54, 1.807) is 0 Å². The molecule has 2 aromatic rings. The summed E-state index contributed by atoms with van der Waals surface area (Å²) < 4.78 is 3.76. The van der Waals surface area contributed by atoms with Crippen LogP contribution in [0.5, 0.6) is 0 Å². The molecule has 0 saturated carbocycles.